The van der Waals surface area contributed by atoms with Crippen molar-refractivity contribution in [2.24, 2.45) is 0 Å². The standard InChI is InChI=1S/C22H29F3N2O/c1-3-4-5-6-7-8-9-10-13-28-17-14-26-22(27-15-17)19-12-11-18(16(2)23)20(24)21(19)25/h11-12,14-16H,3-10,13H2,1-2H3. The maximum Gasteiger partial charge on any atom is 0.170 e. The third kappa shape index (κ3) is 6.50. The number of rotatable bonds is 12. The Morgan fingerprint density at radius 3 is 2.11 bits per heavy atom. The van der Waals surface area contributed by atoms with E-state index >= 15 is 0 Å². The Hall–Kier alpha value is -2.11. The molecule has 1 heterocycles. The van der Waals surface area contributed by atoms with Crippen LogP contribution in [0.3, 0.4) is 0 Å². The molecule has 6 heteroatoms. The van der Waals surface area contributed by atoms with Crippen molar-refractivity contribution in [2.45, 2.75) is 71.4 Å². The highest BCUT2D eigenvalue weighted by molar-refractivity contribution is 5.57. The first-order chi connectivity index (χ1) is 13.5. The molecule has 28 heavy (non-hydrogen) atoms. The van der Waals surface area contributed by atoms with Gasteiger partial charge in [0.05, 0.1) is 24.6 Å². The van der Waals surface area contributed by atoms with Gasteiger partial charge in [-0.25, -0.2) is 23.1 Å². The third-order valence-electron chi connectivity index (χ3n) is 4.68. The van der Waals surface area contributed by atoms with Crippen LogP contribution in [0.25, 0.3) is 11.4 Å². The first kappa shape index (κ1) is 22.2. The quantitative estimate of drug-likeness (QED) is 0.365. The molecule has 0 aliphatic rings. The SMILES string of the molecule is CCCCCCCCCCOc1cnc(-c2ccc(C(C)F)c(F)c2F)nc1. The highest BCUT2D eigenvalue weighted by Gasteiger charge is 2.19. The van der Waals surface area contributed by atoms with E-state index in [1.807, 2.05) is 0 Å². The fraction of sp³-hybridized carbons (Fsp3) is 0.545. The average molecular weight is 394 g/mol. The largest absolute Gasteiger partial charge is 0.490 e. The zero-order valence-corrected chi connectivity index (χ0v) is 16.7. The van der Waals surface area contributed by atoms with Crippen LogP contribution in [0.2, 0.25) is 0 Å². The molecule has 0 saturated heterocycles. The monoisotopic (exact) mass is 394 g/mol. The number of ether oxygens (including phenoxy) is 1. The summed E-state index contributed by atoms with van der Waals surface area (Å²) in [5, 5.41) is 0. The normalized spacial score (nSPS) is 12.2. The van der Waals surface area contributed by atoms with E-state index in [0.29, 0.717) is 12.4 Å². The van der Waals surface area contributed by atoms with Gasteiger partial charge in [0.2, 0.25) is 0 Å². The summed E-state index contributed by atoms with van der Waals surface area (Å²) in [4.78, 5) is 8.09. The molecule has 2 aromatic rings. The molecule has 1 aromatic heterocycles. The molecule has 0 spiro atoms. The van der Waals surface area contributed by atoms with Gasteiger partial charge < -0.3 is 4.74 Å². The topological polar surface area (TPSA) is 35.0 Å². The lowest BCUT2D eigenvalue weighted by Gasteiger charge is -2.09. The molecule has 1 unspecified atom stereocenters. The van der Waals surface area contributed by atoms with Crippen molar-refractivity contribution in [1.82, 2.24) is 9.97 Å². The van der Waals surface area contributed by atoms with Crippen LogP contribution in [0, 0.1) is 11.6 Å². The fourth-order valence-electron chi connectivity index (χ4n) is 3.00. The van der Waals surface area contributed by atoms with Gasteiger partial charge in [-0.05, 0) is 19.4 Å². The van der Waals surface area contributed by atoms with Gasteiger partial charge in [-0.2, -0.15) is 0 Å². The van der Waals surface area contributed by atoms with Crippen molar-refractivity contribution in [3.63, 3.8) is 0 Å². The molecule has 1 aromatic carbocycles. The van der Waals surface area contributed by atoms with Crippen LogP contribution in [0.5, 0.6) is 5.75 Å². The summed E-state index contributed by atoms with van der Waals surface area (Å²) in [7, 11) is 0. The van der Waals surface area contributed by atoms with Crippen molar-refractivity contribution in [2.75, 3.05) is 6.61 Å². The van der Waals surface area contributed by atoms with E-state index in [9.17, 15) is 13.2 Å². The number of alkyl halides is 1. The van der Waals surface area contributed by atoms with Crippen molar-refractivity contribution in [3.05, 3.63) is 41.7 Å². The second-order valence-corrected chi connectivity index (χ2v) is 7.01. The molecular formula is C22H29F3N2O. The zero-order valence-electron chi connectivity index (χ0n) is 16.7. The third-order valence-corrected chi connectivity index (χ3v) is 4.68. The lowest BCUT2D eigenvalue weighted by atomic mass is 10.1. The minimum atomic E-state index is -1.59. The van der Waals surface area contributed by atoms with Crippen LogP contribution in [0.4, 0.5) is 13.2 Å². The number of nitrogens with zero attached hydrogens (tertiary/aromatic N) is 2. The molecule has 3 nitrogen and oxygen atoms in total. The second kappa shape index (κ2) is 11.7. The van der Waals surface area contributed by atoms with Crippen LogP contribution in [-0.4, -0.2) is 16.6 Å². The lowest BCUT2D eigenvalue weighted by Crippen LogP contribution is -2.02. The van der Waals surface area contributed by atoms with Gasteiger partial charge in [0.15, 0.2) is 23.2 Å². The Bertz CT molecular complexity index is 720. The summed E-state index contributed by atoms with van der Waals surface area (Å²) in [5.74, 6) is -1.82. The summed E-state index contributed by atoms with van der Waals surface area (Å²) in [6.45, 7) is 3.95. The number of benzene rings is 1. The van der Waals surface area contributed by atoms with E-state index in [1.54, 1.807) is 0 Å². The first-order valence-electron chi connectivity index (χ1n) is 10.1. The van der Waals surface area contributed by atoms with Gasteiger partial charge in [-0.3, -0.25) is 0 Å². The van der Waals surface area contributed by atoms with E-state index in [2.05, 4.69) is 16.9 Å². The van der Waals surface area contributed by atoms with E-state index in [-0.39, 0.29) is 17.0 Å². The maximum atomic E-state index is 14.2. The van der Waals surface area contributed by atoms with Gasteiger partial charge >= 0.3 is 0 Å². The van der Waals surface area contributed by atoms with E-state index in [1.165, 1.54) is 63.1 Å². The Morgan fingerprint density at radius 1 is 0.893 bits per heavy atom. The molecule has 0 amide bonds. The van der Waals surface area contributed by atoms with E-state index in [4.69, 9.17) is 4.74 Å². The van der Waals surface area contributed by atoms with E-state index < -0.39 is 17.8 Å². The first-order valence-corrected chi connectivity index (χ1v) is 10.1. The number of unbranched alkanes of at least 4 members (excludes halogenated alkanes) is 7. The van der Waals surface area contributed by atoms with Crippen LogP contribution in [0.1, 0.15) is 76.9 Å². The summed E-state index contributed by atoms with van der Waals surface area (Å²) < 4.78 is 47.0. The summed E-state index contributed by atoms with van der Waals surface area (Å²) >= 11 is 0. The molecule has 0 fully saturated rings. The summed E-state index contributed by atoms with van der Waals surface area (Å²) in [6.07, 6.45) is 11.0. The average Bonchev–Trinajstić information content (AvgIpc) is 2.69. The molecular weight excluding hydrogens is 365 g/mol. The highest BCUT2D eigenvalue weighted by atomic mass is 19.2. The Morgan fingerprint density at radius 2 is 1.50 bits per heavy atom. The number of halogens is 3. The number of aromatic nitrogens is 2. The molecule has 0 bridgehead atoms. The van der Waals surface area contributed by atoms with Crippen molar-refractivity contribution in [1.29, 1.82) is 0 Å². The predicted molar refractivity (Wildman–Crippen MR) is 105 cm³/mol. The number of hydrogen-bond donors (Lipinski definition) is 0. The molecule has 0 aliphatic heterocycles. The van der Waals surface area contributed by atoms with Crippen molar-refractivity contribution < 1.29 is 17.9 Å². The Kier molecular flexibility index (Phi) is 9.24. The molecule has 1 atom stereocenters. The minimum absolute atomic E-state index is 0.0360. The molecule has 0 aliphatic carbocycles. The molecule has 0 saturated carbocycles. The fourth-order valence-corrected chi connectivity index (χ4v) is 3.00. The zero-order chi connectivity index (χ0) is 20.4. The van der Waals surface area contributed by atoms with Crippen molar-refractivity contribution in [3.8, 4) is 17.1 Å². The van der Waals surface area contributed by atoms with E-state index in [0.717, 1.165) is 19.8 Å². The Labute approximate surface area is 165 Å². The minimum Gasteiger partial charge on any atom is -0.490 e. The summed E-state index contributed by atoms with van der Waals surface area (Å²) in [5.41, 5.74) is -0.414. The van der Waals surface area contributed by atoms with Crippen LogP contribution < -0.4 is 4.74 Å². The van der Waals surface area contributed by atoms with Crippen LogP contribution in [0.15, 0.2) is 24.5 Å². The van der Waals surface area contributed by atoms with Gasteiger partial charge in [0.25, 0.3) is 0 Å². The van der Waals surface area contributed by atoms with Crippen LogP contribution >= 0.6 is 0 Å². The Balaban J connectivity index is 1.80. The molecule has 0 N–H and O–H groups in total. The van der Waals surface area contributed by atoms with Gasteiger partial charge in [0, 0.05) is 5.56 Å². The summed E-state index contributed by atoms with van der Waals surface area (Å²) in [6, 6.07) is 2.51. The highest BCUT2D eigenvalue weighted by Crippen LogP contribution is 2.28. The maximum absolute atomic E-state index is 14.2. The molecule has 154 valence electrons. The number of hydrogen-bond acceptors (Lipinski definition) is 3. The van der Waals surface area contributed by atoms with Crippen molar-refractivity contribution >= 4 is 0 Å². The van der Waals surface area contributed by atoms with Gasteiger partial charge in [-0.1, -0.05) is 57.9 Å². The second-order valence-electron chi connectivity index (χ2n) is 7.01. The lowest BCUT2D eigenvalue weighted by molar-refractivity contribution is 0.302. The predicted octanol–water partition coefficient (Wildman–Crippen LogP) is 6.97. The molecule has 2 rings (SSSR count). The molecule has 0 radical (unpaired) electrons. The van der Waals surface area contributed by atoms with Crippen LogP contribution in [-0.2, 0) is 0 Å². The smallest absolute Gasteiger partial charge is 0.170 e. The van der Waals surface area contributed by atoms with Gasteiger partial charge in [0.1, 0.15) is 6.17 Å². The van der Waals surface area contributed by atoms with Gasteiger partial charge in [-0.15, -0.1) is 0 Å².